The molecule has 0 aromatic carbocycles. The van der Waals surface area contributed by atoms with Crippen molar-refractivity contribution in [3.8, 4) is 0 Å². The van der Waals surface area contributed by atoms with Crippen LogP contribution in [0, 0.1) is 17.8 Å². The summed E-state index contributed by atoms with van der Waals surface area (Å²) >= 11 is 0. The number of carbonyl (C=O) groups excluding carboxylic acids is 2. The molecule has 2 bridgehead atoms. The van der Waals surface area contributed by atoms with E-state index in [2.05, 4.69) is 5.32 Å². The van der Waals surface area contributed by atoms with E-state index in [1.54, 1.807) is 0 Å². The lowest BCUT2D eigenvalue weighted by Crippen LogP contribution is -2.50. The van der Waals surface area contributed by atoms with Crippen LogP contribution in [-0.2, 0) is 9.59 Å². The normalized spacial score (nSPS) is 37.8. The van der Waals surface area contributed by atoms with Gasteiger partial charge in [-0.2, -0.15) is 0 Å². The minimum atomic E-state index is -0.175. The van der Waals surface area contributed by atoms with Crippen LogP contribution in [0.2, 0.25) is 0 Å². The molecule has 5 heteroatoms. The highest BCUT2D eigenvalue weighted by Crippen LogP contribution is 2.42. The number of nitrogens with zero attached hydrogens (tertiary/aromatic N) is 1. The molecular formula is C18H31N3O2. The average Bonchev–Trinajstić information content (AvgIpc) is 2.79. The molecule has 1 heterocycles. The Balaban J connectivity index is 1.57. The van der Waals surface area contributed by atoms with Gasteiger partial charge in [-0.3, -0.25) is 9.59 Å². The minimum Gasteiger partial charge on any atom is -0.351 e. The van der Waals surface area contributed by atoms with E-state index in [0.29, 0.717) is 24.8 Å². The maximum atomic E-state index is 12.7. The molecule has 1 aliphatic heterocycles. The molecule has 3 aliphatic rings. The molecule has 3 unspecified atom stereocenters. The fourth-order valence-corrected chi connectivity index (χ4v) is 4.77. The third-order valence-corrected chi connectivity index (χ3v) is 6.06. The minimum absolute atomic E-state index is 0.0373. The third kappa shape index (κ3) is 3.39. The Labute approximate surface area is 139 Å². The molecule has 1 saturated heterocycles. The summed E-state index contributed by atoms with van der Waals surface area (Å²) in [6, 6.07) is 0.252. The molecule has 3 rings (SSSR count). The fourth-order valence-electron chi connectivity index (χ4n) is 4.77. The summed E-state index contributed by atoms with van der Waals surface area (Å²) in [6.07, 6.45) is 5.87. The van der Waals surface area contributed by atoms with E-state index in [1.807, 2.05) is 25.7 Å². The van der Waals surface area contributed by atoms with Crippen LogP contribution in [0.3, 0.4) is 0 Å². The van der Waals surface area contributed by atoms with Crippen LogP contribution in [0.5, 0.6) is 0 Å². The molecule has 5 nitrogen and oxygen atoms in total. The molecule has 0 spiro atoms. The number of nitrogens with two attached hydrogens (primary N) is 1. The summed E-state index contributed by atoms with van der Waals surface area (Å²) in [4.78, 5) is 26.7. The van der Waals surface area contributed by atoms with Gasteiger partial charge in [0, 0.05) is 30.5 Å². The van der Waals surface area contributed by atoms with Gasteiger partial charge in [-0.25, -0.2) is 0 Å². The number of rotatable bonds is 2. The third-order valence-electron chi connectivity index (χ3n) is 6.06. The Bertz CT molecular complexity index is 471. The molecule has 2 saturated carbocycles. The lowest BCUT2D eigenvalue weighted by Gasteiger charge is -2.43. The summed E-state index contributed by atoms with van der Waals surface area (Å²) in [5.74, 6) is 1.39. The number of nitrogens with one attached hydrogen (secondary N) is 1. The Morgan fingerprint density at radius 3 is 2.35 bits per heavy atom. The Morgan fingerprint density at radius 2 is 1.83 bits per heavy atom. The van der Waals surface area contributed by atoms with Crippen LogP contribution in [0.4, 0.5) is 0 Å². The van der Waals surface area contributed by atoms with Crippen LogP contribution in [-0.4, -0.2) is 40.9 Å². The average molecular weight is 321 g/mol. The van der Waals surface area contributed by atoms with Gasteiger partial charge in [0.15, 0.2) is 0 Å². The van der Waals surface area contributed by atoms with Crippen molar-refractivity contribution < 1.29 is 9.59 Å². The first kappa shape index (κ1) is 16.7. The maximum Gasteiger partial charge on any atom is 0.225 e. The van der Waals surface area contributed by atoms with Gasteiger partial charge < -0.3 is 16.0 Å². The number of hydrogen-bond acceptors (Lipinski definition) is 3. The van der Waals surface area contributed by atoms with Gasteiger partial charge in [-0.1, -0.05) is 6.42 Å². The molecule has 0 aromatic rings. The SMILES string of the molecule is CC(C)(C)N1CC(NC(=O)C2CC3CCCC(C2)C3N)CC1=O. The molecule has 0 aromatic heterocycles. The number of amides is 2. The zero-order chi connectivity index (χ0) is 16.8. The van der Waals surface area contributed by atoms with Crippen molar-refractivity contribution in [2.45, 2.75) is 76.9 Å². The number of carbonyl (C=O) groups is 2. The van der Waals surface area contributed by atoms with Crippen molar-refractivity contribution >= 4 is 11.8 Å². The molecule has 0 radical (unpaired) electrons. The molecule has 3 fully saturated rings. The Kier molecular flexibility index (Phi) is 4.43. The standard InChI is InChI=1S/C18H31N3O2/c1-18(2,3)21-10-14(9-15(21)22)20-17(23)13-7-11-5-4-6-12(8-13)16(11)19/h11-14,16H,4-10,19H2,1-3H3,(H,20,23). The molecule has 130 valence electrons. The van der Waals surface area contributed by atoms with Crippen LogP contribution in [0.1, 0.15) is 59.3 Å². The predicted molar refractivity (Wildman–Crippen MR) is 89.5 cm³/mol. The molecule has 2 aliphatic carbocycles. The van der Waals surface area contributed by atoms with Crippen molar-refractivity contribution in [3.05, 3.63) is 0 Å². The largest absolute Gasteiger partial charge is 0.351 e. The van der Waals surface area contributed by atoms with E-state index < -0.39 is 0 Å². The van der Waals surface area contributed by atoms with E-state index in [4.69, 9.17) is 5.73 Å². The monoisotopic (exact) mass is 321 g/mol. The van der Waals surface area contributed by atoms with Crippen molar-refractivity contribution in [3.63, 3.8) is 0 Å². The first-order valence-corrected chi connectivity index (χ1v) is 9.12. The van der Waals surface area contributed by atoms with E-state index in [1.165, 1.54) is 19.3 Å². The van der Waals surface area contributed by atoms with E-state index >= 15 is 0 Å². The van der Waals surface area contributed by atoms with Gasteiger partial charge >= 0.3 is 0 Å². The first-order valence-electron chi connectivity index (χ1n) is 9.12. The maximum absolute atomic E-state index is 12.7. The fraction of sp³-hybridized carbons (Fsp3) is 0.889. The highest BCUT2D eigenvalue weighted by molar-refractivity contribution is 5.83. The summed E-state index contributed by atoms with van der Waals surface area (Å²) < 4.78 is 0. The van der Waals surface area contributed by atoms with Crippen LogP contribution in [0.25, 0.3) is 0 Å². The van der Waals surface area contributed by atoms with Crippen molar-refractivity contribution in [1.82, 2.24) is 10.2 Å². The summed E-state index contributed by atoms with van der Waals surface area (Å²) in [6.45, 7) is 6.75. The first-order chi connectivity index (χ1) is 10.8. The van der Waals surface area contributed by atoms with Gasteiger partial charge in [-0.05, 0) is 58.3 Å². The highest BCUT2D eigenvalue weighted by atomic mass is 16.2. The summed E-state index contributed by atoms with van der Waals surface area (Å²) in [7, 11) is 0. The summed E-state index contributed by atoms with van der Waals surface area (Å²) in [5.41, 5.74) is 6.14. The molecule has 3 N–H and O–H groups in total. The van der Waals surface area contributed by atoms with Crippen LogP contribution < -0.4 is 11.1 Å². The van der Waals surface area contributed by atoms with E-state index in [9.17, 15) is 9.59 Å². The molecular weight excluding hydrogens is 290 g/mol. The zero-order valence-electron chi connectivity index (χ0n) is 14.7. The second kappa shape index (κ2) is 6.08. The second-order valence-corrected chi connectivity index (χ2v) is 8.78. The van der Waals surface area contributed by atoms with E-state index in [0.717, 1.165) is 12.8 Å². The van der Waals surface area contributed by atoms with Crippen molar-refractivity contribution in [2.24, 2.45) is 23.5 Å². The number of hydrogen-bond donors (Lipinski definition) is 2. The van der Waals surface area contributed by atoms with Crippen molar-refractivity contribution in [1.29, 1.82) is 0 Å². The van der Waals surface area contributed by atoms with Crippen LogP contribution in [0.15, 0.2) is 0 Å². The number of fused-ring (bicyclic) bond motifs is 2. The summed E-state index contributed by atoms with van der Waals surface area (Å²) in [5, 5.41) is 3.14. The number of likely N-dealkylation sites (tertiary alicyclic amines) is 1. The van der Waals surface area contributed by atoms with Gasteiger partial charge in [0.05, 0.1) is 6.04 Å². The zero-order valence-corrected chi connectivity index (χ0v) is 14.7. The van der Waals surface area contributed by atoms with Gasteiger partial charge in [0.25, 0.3) is 0 Å². The predicted octanol–water partition coefficient (Wildman–Crippen LogP) is 1.66. The highest BCUT2D eigenvalue weighted by Gasteiger charge is 2.42. The van der Waals surface area contributed by atoms with E-state index in [-0.39, 0.29) is 35.4 Å². The molecule has 3 atom stereocenters. The molecule has 2 amide bonds. The van der Waals surface area contributed by atoms with Crippen molar-refractivity contribution in [2.75, 3.05) is 6.54 Å². The second-order valence-electron chi connectivity index (χ2n) is 8.78. The Hall–Kier alpha value is -1.10. The smallest absolute Gasteiger partial charge is 0.225 e. The lowest BCUT2D eigenvalue weighted by molar-refractivity contribution is -0.131. The van der Waals surface area contributed by atoms with Crippen LogP contribution >= 0.6 is 0 Å². The topological polar surface area (TPSA) is 75.4 Å². The Morgan fingerprint density at radius 1 is 1.22 bits per heavy atom. The lowest BCUT2D eigenvalue weighted by atomic mass is 9.65. The van der Waals surface area contributed by atoms with Gasteiger partial charge in [0.2, 0.25) is 11.8 Å². The van der Waals surface area contributed by atoms with Gasteiger partial charge in [0.1, 0.15) is 0 Å². The quantitative estimate of drug-likeness (QED) is 0.812. The molecule has 23 heavy (non-hydrogen) atoms. The van der Waals surface area contributed by atoms with Gasteiger partial charge in [-0.15, -0.1) is 0 Å².